The van der Waals surface area contributed by atoms with Crippen LogP contribution in [0.25, 0.3) is 5.65 Å². The van der Waals surface area contributed by atoms with Gasteiger partial charge in [-0.3, -0.25) is 0 Å². The fraction of sp³-hybridized carbons (Fsp3) is 0.200. The molecule has 2 N–H and O–H groups in total. The molecule has 108 valence electrons. The van der Waals surface area contributed by atoms with E-state index in [9.17, 15) is 5.11 Å². The van der Waals surface area contributed by atoms with E-state index in [-0.39, 0.29) is 0 Å². The second-order valence-corrected chi connectivity index (χ2v) is 5.84. The molecule has 3 aromatic rings. The van der Waals surface area contributed by atoms with Crippen LogP contribution in [-0.2, 0) is 0 Å². The molecule has 0 aliphatic heterocycles. The number of aliphatic hydroxyl groups excluding tert-OH is 1. The molecule has 2 aromatic heterocycles. The van der Waals surface area contributed by atoms with Crippen molar-refractivity contribution in [3.8, 4) is 0 Å². The van der Waals surface area contributed by atoms with Crippen LogP contribution in [0.2, 0.25) is 0 Å². The van der Waals surface area contributed by atoms with Gasteiger partial charge in [0, 0.05) is 21.5 Å². The monoisotopic (exact) mass is 346 g/mol. The van der Waals surface area contributed by atoms with E-state index >= 15 is 0 Å². The number of hydrogen-bond donors (Lipinski definition) is 2. The maximum atomic E-state index is 10.4. The highest BCUT2D eigenvalue weighted by atomic mass is 79.9. The van der Waals surface area contributed by atoms with Crippen LogP contribution in [0.15, 0.2) is 41.0 Å². The Labute approximate surface area is 130 Å². The number of hydrogen-bond acceptors (Lipinski definition) is 4. The molecular weight excluding hydrogens is 332 g/mol. The number of nitrogens with one attached hydrogen (secondary N) is 1. The molecule has 0 aliphatic carbocycles. The molecule has 0 amide bonds. The van der Waals surface area contributed by atoms with Gasteiger partial charge >= 0.3 is 0 Å². The van der Waals surface area contributed by atoms with Gasteiger partial charge in [-0.15, -0.1) is 0 Å². The first-order valence-corrected chi connectivity index (χ1v) is 7.36. The van der Waals surface area contributed by atoms with Gasteiger partial charge in [0.25, 0.3) is 0 Å². The molecule has 0 fully saturated rings. The van der Waals surface area contributed by atoms with Crippen molar-refractivity contribution in [1.29, 1.82) is 0 Å². The zero-order chi connectivity index (χ0) is 15.0. The minimum absolute atomic E-state index is 0.657. The Morgan fingerprint density at radius 2 is 1.95 bits per heavy atom. The third-order valence-electron chi connectivity index (χ3n) is 3.25. The Bertz CT molecular complexity index is 782. The van der Waals surface area contributed by atoms with E-state index in [0.29, 0.717) is 11.2 Å². The summed E-state index contributed by atoms with van der Waals surface area (Å²) in [5.74, 6) is 0. The van der Waals surface area contributed by atoms with Gasteiger partial charge in [-0.05, 0) is 44.2 Å². The summed E-state index contributed by atoms with van der Waals surface area (Å²) in [6.07, 6.45) is 0.781. The molecule has 0 spiro atoms. The summed E-state index contributed by atoms with van der Waals surface area (Å²) in [7, 11) is 0. The van der Waals surface area contributed by atoms with E-state index in [2.05, 4.69) is 31.3 Å². The molecule has 5 nitrogen and oxygen atoms in total. The summed E-state index contributed by atoms with van der Waals surface area (Å²) in [5.41, 5.74) is 4.04. The maximum Gasteiger partial charge on any atom is 0.163 e. The van der Waals surface area contributed by atoms with Crippen LogP contribution in [-0.4, -0.2) is 19.7 Å². The topological polar surface area (TPSA) is 62.5 Å². The number of benzene rings is 1. The average molecular weight is 347 g/mol. The summed E-state index contributed by atoms with van der Waals surface area (Å²) in [6.45, 7) is 3.89. The van der Waals surface area contributed by atoms with E-state index in [1.165, 1.54) is 0 Å². The van der Waals surface area contributed by atoms with Crippen molar-refractivity contribution in [2.75, 3.05) is 5.32 Å². The first-order chi connectivity index (χ1) is 10.0. The zero-order valence-corrected chi connectivity index (χ0v) is 13.3. The second kappa shape index (κ2) is 5.46. The molecule has 2 heterocycles. The Morgan fingerprint density at radius 3 is 2.67 bits per heavy atom. The van der Waals surface area contributed by atoms with Crippen molar-refractivity contribution in [3.05, 3.63) is 58.0 Å². The number of anilines is 1. The molecule has 6 heteroatoms. The molecule has 0 bridgehead atoms. The maximum absolute atomic E-state index is 10.4. The van der Waals surface area contributed by atoms with Crippen LogP contribution in [0.4, 0.5) is 5.69 Å². The molecule has 1 aromatic carbocycles. The first-order valence-electron chi connectivity index (χ1n) is 6.56. The van der Waals surface area contributed by atoms with Crippen LogP contribution in [0, 0.1) is 13.8 Å². The minimum atomic E-state index is -0.864. The van der Waals surface area contributed by atoms with E-state index in [1.54, 1.807) is 10.7 Å². The number of halogens is 1. The van der Waals surface area contributed by atoms with Gasteiger partial charge in [0.1, 0.15) is 0 Å². The van der Waals surface area contributed by atoms with E-state index in [1.807, 2.05) is 44.2 Å². The number of aromatic nitrogens is 3. The Morgan fingerprint density at radius 1 is 1.24 bits per heavy atom. The Hall–Kier alpha value is -1.92. The molecular formula is C15H15BrN4O. The largest absolute Gasteiger partial charge is 0.369 e. The lowest BCUT2D eigenvalue weighted by atomic mass is 10.2. The van der Waals surface area contributed by atoms with Crippen LogP contribution < -0.4 is 5.32 Å². The lowest BCUT2D eigenvalue weighted by molar-refractivity contribution is 0.209. The molecule has 0 saturated carbocycles. The van der Waals surface area contributed by atoms with Crippen molar-refractivity contribution in [2.24, 2.45) is 0 Å². The molecule has 0 saturated heterocycles. The third kappa shape index (κ3) is 2.77. The molecule has 0 radical (unpaired) electrons. The van der Waals surface area contributed by atoms with Gasteiger partial charge < -0.3 is 10.4 Å². The molecule has 21 heavy (non-hydrogen) atoms. The standard InChI is InChI=1S/C15H15BrN4O/c1-9-7-10(2)20-14(18-9)13(8-17-20)15(21)19-12-5-3-11(16)4-6-12/h3-8,15,19,21H,1-2H3. The molecule has 1 unspecified atom stereocenters. The predicted octanol–water partition coefficient (Wildman–Crippen LogP) is 3.21. The quantitative estimate of drug-likeness (QED) is 0.715. The van der Waals surface area contributed by atoms with Gasteiger partial charge in [-0.25, -0.2) is 9.50 Å². The lowest BCUT2D eigenvalue weighted by Crippen LogP contribution is -2.10. The lowest BCUT2D eigenvalue weighted by Gasteiger charge is -2.13. The Balaban J connectivity index is 1.94. The van der Waals surface area contributed by atoms with Gasteiger partial charge in [-0.1, -0.05) is 15.9 Å². The van der Waals surface area contributed by atoms with Crippen molar-refractivity contribution in [3.63, 3.8) is 0 Å². The number of nitrogens with zero attached hydrogens (tertiary/aromatic N) is 3. The zero-order valence-electron chi connectivity index (χ0n) is 11.7. The van der Waals surface area contributed by atoms with Crippen molar-refractivity contribution in [2.45, 2.75) is 20.1 Å². The molecule has 0 aliphatic rings. The van der Waals surface area contributed by atoms with Crippen LogP contribution >= 0.6 is 15.9 Å². The second-order valence-electron chi connectivity index (χ2n) is 4.93. The number of fused-ring (bicyclic) bond motifs is 1. The van der Waals surface area contributed by atoms with Crippen LogP contribution in [0.3, 0.4) is 0 Å². The fourth-order valence-corrected chi connectivity index (χ4v) is 2.53. The van der Waals surface area contributed by atoms with Crippen LogP contribution in [0.5, 0.6) is 0 Å². The fourth-order valence-electron chi connectivity index (χ4n) is 2.26. The normalized spacial score (nSPS) is 12.6. The minimum Gasteiger partial charge on any atom is -0.369 e. The highest BCUT2D eigenvalue weighted by Gasteiger charge is 2.16. The number of aryl methyl sites for hydroxylation is 2. The SMILES string of the molecule is Cc1cc(C)n2ncc(C(O)Nc3ccc(Br)cc3)c2n1. The smallest absolute Gasteiger partial charge is 0.163 e. The van der Waals surface area contributed by atoms with Crippen molar-refractivity contribution >= 4 is 27.3 Å². The van der Waals surface area contributed by atoms with Gasteiger partial charge in [0.15, 0.2) is 11.9 Å². The van der Waals surface area contributed by atoms with Gasteiger partial charge in [0.05, 0.1) is 11.8 Å². The average Bonchev–Trinajstić information content (AvgIpc) is 2.85. The van der Waals surface area contributed by atoms with E-state index in [0.717, 1.165) is 21.5 Å². The predicted molar refractivity (Wildman–Crippen MR) is 85.2 cm³/mol. The van der Waals surface area contributed by atoms with E-state index < -0.39 is 6.23 Å². The highest BCUT2D eigenvalue weighted by molar-refractivity contribution is 9.10. The third-order valence-corrected chi connectivity index (χ3v) is 3.78. The molecule has 1 atom stereocenters. The first kappa shape index (κ1) is 14.0. The summed E-state index contributed by atoms with van der Waals surface area (Å²) in [6, 6.07) is 9.57. The van der Waals surface area contributed by atoms with Crippen LogP contribution in [0.1, 0.15) is 23.2 Å². The highest BCUT2D eigenvalue weighted by Crippen LogP contribution is 2.22. The summed E-state index contributed by atoms with van der Waals surface area (Å²) in [5, 5.41) is 17.7. The summed E-state index contributed by atoms with van der Waals surface area (Å²) in [4.78, 5) is 4.47. The van der Waals surface area contributed by atoms with Gasteiger partial charge in [-0.2, -0.15) is 5.10 Å². The summed E-state index contributed by atoms with van der Waals surface area (Å²) >= 11 is 3.39. The molecule has 3 rings (SSSR count). The van der Waals surface area contributed by atoms with Crippen molar-refractivity contribution < 1.29 is 5.11 Å². The number of rotatable bonds is 3. The van der Waals surface area contributed by atoms with Crippen molar-refractivity contribution in [1.82, 2.24) is 14.6 Å². The van der Waals surface area contributed by atoms with Gasteiger partial charge in [0.2, 0.25) is 0 Å². The Kier molecular flexibility index (Phi) is 3.65. The summed E-state index contributed by atoms with van der Waals surface area (Å²) < 4.78 is 2.72. The van der Waals surface area contributed by atoms with E-state index in [4.69, 9.17) is 0 Å². The number of aliphatic hydroxyl groups is 1.